The third kappa shape index (κ3) is 2.84. The normalized spacial score (nSPS) is 13.7. The number of Topliss-reactive ketones (excluding diaryl/α,β-unsaturated/α-hetero) is 1. The number of ether oxygens (including phenoxy) is 1. The van der Waals surface area contributed by atoms with E-state index in [4.69, 9.17) is 4.74 Å². The Morgan fingerprint density at radius 3 is 2.57 bits per heavy atom. The van der Waals surface area contributed by atoms with Crippen LogP contribution in [0.5, 0.6) is 5.75 Å². The number of carbonyl (C=O) groups is 2. The molecule has 0 unspecified atom stereocenters. The number of hydrogen-bond donors (Lipinski definition) is 0. The minimum Gasteiger partial charge on any atom is -0.491 e. The zero-order valence-electron chi connectivity index (χ0n) is 13.5. The van der Waals surface area contributed by atoms with Crippen LogP contribution < -0.4 is 9.64 Å². The SMILES string of the molecule is Cc1ccc2c(c1)C(=O)C(=O)N2Cc1ccccc1OC(C)C. The molecule has 0 saturated heterocycles. The third-order valence-electron chi connectivity index (χ3n) is 3.79. The molecule has 4 heteroatoms. The molecular weight excluding hydrogens is 290 g/mol. The summed E-state index contributed by atoms with van der Waals surface area (Å²) >= 11 is 0. The number of hydrogen-bond acceptors (Lipinski definition) is 3. The van der Waals surface area contributed by atoms with Gasteiger partial charge in [-0.25, -0.2) is 0 Å². The van der Waals surface area contributed by atoms with Crippen molar-refractivity contribution in [2.45, 2.75) is 33.4 Å². The lowest BCUT2D eigenvalue weighted by Gasteiger charge is -2.20. The van der Waals surface area contributed by atoms with Crippen molar-refractivity contribution >= 4 is 17.4 Å². The monoisotopic (exact) mass is 309 g/mol. The zero-order valence-corrected chi connectivity index (χ0v) is 13.5. The number of amides is 1. The first-order valence-electron chi connectivity index (χ1n) is 7.69. The maximum Gasteiger partial charge on any atom is 0.299 e. The van der Waals surface area contributed by atoms with Crippen LogP contribution in [0, 0.1) is 6.92 Å². The van der Waals surface area contributed by atoms with Crippen molar-refractivity contribution in [3.63, 3.8) is 0 Å². The van der Waals surface area contributed by atoms with E-state index in [-0.39, 0.29) is 6.10 Å². The summed E-state index contributed by atoms with van der Waals surface area (Å²) in [7, 11) is 0. The highest BCUT2D eigenvalue weighted by Gasteiger charge is 2.36. The Morgan fingerprint density at radius 2 is 1.83 bits per heavy atom. The van der Waals surface area contributed by atoms with Gasteiger partial charge in [0.2, 0.25) is 0 Å². The van der Waals surface area contributed by atoms with Crippen LogP contribution in [-0.4, -0.2) is 17.8 Å². The van der Waals surface area contributed by atoms with Crippen molar-refractivity contribution < 1.29 is 14.3 Å². The Labute approximate surface area is 135 Å². The van der Waals surface area contributed by atoms with Crippen molar-refractivity contribution in [3.8, 4) is 5.75 Å². The maximum atomic E-state index is 12.3. The molecule has 0 atom stereocenters. The van der Waals surface area contributed by atoms with Crippen LogP contribution in [0.1, 0.15) is 35.3 Å². The fraction of sp³-hybridized carbons (Fsp3) is 0.263. The highest BCUT2D eigenvalue weighted by atomic mass is 16.5. The van der Waals surface area contributed by atoms with Gasteiger partial charge in [-0.05, 0) is 39.0 Å². The molecule has 1 aliphatic rings. The molecule has 0 aliphatic carbocycles. The Kier molecular flexibility index (Phi) is 3.90. The predicted molar refractivity (Wildman–Crippen MR) is 88.9 cm³/mol. The van der Waals surface area contributed by atoms with E-state index in [1.807, 2.05) is 57.2 Å². The van der Waals surface area contributed by atoms with E-state index in [0.29, 0.717) is 17.8 Å². The van der Waals surface area contributed by atoms with Gasteiger partial charge in [0.05, 0.1) is 23.9 Å². The van der Waals surface area contributed by atoms with E-state index in [1.165, 1.54) is 4.90 Å². The molecule has 23 heavy (non-hydrogen) atoms. The first kappa shape index (κ1) is 15.3. The summed E-state index contributed by atoms with van der Waals surface area (Å²) in [5.41, 5.74) is 3.01. The van der Waals surface area contributed by atoms with Crippen molar-refractivity contribution in [1.82, 2.24) is 0 Å². The van der Waals surface area contributed by atoms with Gasteiger partial charge in [-0.1, -0.05) is 29.8 Å². The second kappa shape index (κ2) is 5.88. The maximum absolute atomic E-state index is 12.3. The fourth-order valence-corrected chi connectivity index (χ4v) is 2.74. The lowest BCUT2D eigenvalue weighted by Crippen LogP contribution is -2.29. The largest absolute Gasteiger partial charge is 0.491 e. The van der Waals surface area contributed by atoms with Crippen LogP contribution in [-0.2, 0) is 11.3 Å². The van der Waals surface area contributed by atoms with E-state index in [0.717, 1.165) is 16.9 Å². The number of anilines is 1. The quantitative estimate of drug-likeness (QED) is 0.812. The Hall–Kier alpha value is -2.62. The molecule has 4 nitrogen and oxygen atoms in total. The second-order valence-corrected chi connectivity index (χ2v) is 6.02. The molecule has 0 radical (unpaired) electrons. The number of nitrogens with zero attached hydrogens (tertiary/aromatic N) is 1. The zero-order chi connectivity index (χ0) is 16.6. The third-order valence-corrected chi connectivity index (χ3v) is 3.79. The van der Waals surface area contributed by atoms with E-state index in [2.05, 4.69) is 0 Å². The standard InChI is InChI=1S/C19H19NO3/c1-12(2)23-17-7-5-4-6-14(17)11-20-16-9-8-13(3)10-15(16)18(21)19(20)22/h4-10,12H,11H2,1-3H3. The smallest absolute Gasteiger partial charge is 0.299 e. The molecule has 0 fully saturated rings. The van der Waals surface area contributed by atoms with Crippen LogP contribution in [0.4, 0.5) is 5.69 Å². The lowest BCUT2D eigenvalue weighted by atomic mass is 10.1. The Balaban J connectivity index is 1.96. The Morgan fingerprint density at radius 1 is 1.09 bits per heavy atom. The molecule has 2 aromatic carbocycles. The van der Waals surface area contributed by atoms with Crippen molar-refractivity contribution in [2.75, 3.05) is 4.90 Å². The van der Waals surface area contributed by atoms with Gasteiger partial charge in [-0.2, -0.15) is 0 Å². The first-order valence-corrected chi connectivity index (χ1v) is 7.69. The van der Waals surface area contributed by atoms with E-state index in [9.17, 15) is 9.59 Å². The minimum atomic E-state index is -0.482. The molecule has 0 saturated carbocycles. The molecule has 0 bridgehead atoms. The molecule has 3 rings (SSSR count). The van der Waals surface area contributed by atoms with Gasteiger partial charge in [0.15, 0.2) is 0 Å². The van der Waals surface area contributed by atoms with Crippen LogP contribution in [0.25, 0.3) is 0 Å². The predicted octanol–water partition coefficient (Wildman–Crippen LogP) is 3.51. The number of benzene rings is 2. The topological polar surface area (TPSA) is 46.6 Å². The number of carbonyl (C=O) groups excluding carboxylic acids is 2. The summed E-state index contributed by atoms with van der Waals surface area (Å²) in [6.45, 7) is 6.15. The second-order valence-electron chi connectivity index (χ2n) is 6.02. The van der Waals surface area contributed by atoms with Crippen LogP contribution >= 0.6 is 0 Å². The van der Waals surface area contributed by atoms with Gasteiger partial charge >= 0.3 is 0 Å². The number of para-hydroxylation sites is 1. The van der Waals surface area contributed by atoms with Gasteiger partial charge < -0.3 is 9.64 Å². The molecule has 0 aromatic heterocycles. The van der Waals surface area contributed by atoms with Gasteiger partial charge in [-0.15, -0.1) is 0 Å². The van der Waals surface area contributed by atoms with Crippen LogP contribution in [0.2, 0.25) is 0 Å². The summed E-state index contributed by atoms with van der Waals surface area (Å²) in [6.07, 6.45) is 0.0435. The molecule has 2 aromatic rings. The van der Waals surface area contributed by atoms with E-state index in [1.54, 1.807) is 6.07 Å². The van der Waals surface area contributed by atoms with Gasteiger partial charge in [-0.3, -0.25) is 9.59 Å². The first-order chi connectivity index (χ1) is 11.0. The van der Waals surface area contributed by atoms with Crippen LogP contribution in [0.15, 0.2) is 42.5 Å². The summed E-state index contributed by atoms with van der Waals surface area (Å²) in [4.78, 5) is 26.1. The van der Waals surface area contributed by atoms with E-state index < -0.39 is 11.7 Å². The Bertz CT molecular complexity index is 780. The summed E-state index contributed by atoms with van der Waals surface area (Å²) in [5, 5.41) is 0. The van der Waals surface area contributed by atoms with Gasteiger partial charge in [0.1, 0.15) is 5.75 Å². The van der Waals surface area contributed by atoms with Crippen molar-refractivity contribution in [1.29, 1.82) is 0 Å². The van der Waals surface area contributed by atoms with Crippen molar-refractivity contribution in [3.05, 3.63) is 59.2 Å². The lowest BCUT2D eigenvalue weighted by molar-refractivity contribution is -0.114. The molecule has 0 spiro atoms. The molecule has 0 N–H and O–H groups in total. The number of ketones is 1. The average Bonchev–Trinajstić information content (AvgIpc) is 2.73. The molecule has 1 heterocycles. The van der Waals surface area contributed by atoms with E-state index >= 15 is 0 Å². The number of fused-ring (bicyclic) bond motifs is 1. The summed E-state index contributed by atoms with van der Waals surface area (Å²) in [6, 6.07) is 13.1. The summed E-state index contributed by atoms with van der Waals surface area (Å²) in [5.74, 6) is -0.181. The summed E-state index contributed by atoms with van der Waals surface area (Å²) < 4.78 is 5.80. The van der Waals surface area contributed by atoms with Gasteiger partial charge in [0.25, 0.3) is 11.7 Å². The van der Waals surface area contributed by atoms with Crippen molar-refractivity contribution in [2.24, 2.45) is 0 Å². The highest BCUT2D eigenvalue weighted by Crippen LogP contribution is 2.32. The molecule has 1 amide bonds. The number of rotatable bonds is 4. The highest BCUT2D eigenvalue weighted by molar-refractivity contribution is 6.52. The number of aryl methyl sites for hydroxylation is 1. The molecule has 118 valence electrons. The minimum absolute atomic E-state index is 0.0435. The molecule has 1 aliphatic heterocycles. The molecular formula is C19H19NO3. The fourth-order valence-electron chi connectivity index (χ4n) is 2.74. The van der Waals surface area contributed by atoms with Gasteiger partial charge in [0, 0.05) is 5.56 Å². The van der Waals surface area contributed by atoms with Crippen LogP contribution in [0.3, 0.4) is 0 Å². The average molecular weight is 309 g/mol.